The number of aliphatic carboxylic acids is 1. The van der Waals surface area contributed by atoms with Gasteiger partial charge in [0.05, 0.1) is 27.8 Å². The Hall–Kier alpha value is -2.88. The fourth-order valence-electron chi connectivity index (χ4n) is 5.05. The highest BCUT2D eigenvalue weighted by Crippen LogP contribution is 2.46. The first-order valence-electron chi connectivity index (χ1n) is 10.8. The number of sulfone groups is 1. The maximum atomic E-state index is 14.3. The average molecular weight is 498 g/mol. The van der Waals surface area contributed by atoms with E-state index in [1.54, 1.807) is 0 Å². The smallest absolute Gasteiger partial charge is 0.416 e. The standard InChI is InChI=1S/C22H19F4NO2S.C2H4O2/c1-12-3-2-4-16-17-9-15(23)10-19-21(17)27(20(12)16)18(11-30(19,28)29)13-5-7-14(8-6-13)22(24,25)26;1-2(3)4/h5-10,12,18H,2-4,11H2,1H3;1H3,(H,3,4)/t12?,18-;/m0./s1. The lowest BCUT2D eigenvalue weighted by molar-refractivity contribution is -0.137. The fourth-order valence-corrected chi connectivity index (χ4v) is 6.78. The molecule has 0 saturated carbocycles. The Morgan fingerprint density at radius 2 is 1.76 bits per heavy atom. The molecule has 0 radical (unpaired) electrons. The van der Waals surface area contributed by atoms with Crippen LogP contribution in [0, 0.1) is 5.82 Å². The Labute approximate surface area is 193 Å². The van der Waals surface area contributed by atoms with Gasteiger partial charge in [0.15, 0.2) is 9.84 Å². The van der Waals surface area contributed by atoms with E-state index in [2.05, 4.69) is 6.92 Å². The second kappa shape index (κ2) is 8.41. The van der Waals surface area contributed by atoms with Gasteiger partial charge in [-0.15, -0.1) is 0 Å². The van der Waals surface area contributed by atoms with Crippen LogP contribution in [-0.2, 0) is 27.2 Å². The summed E-state index contributed by atoms with van der Waals surface area (Å²) >= 11 is 0. The quantitative estimate of drug-likeness (QED) is 0.437. The zero-order valence-corrected chi connectivity index (χ0v) is 19.3. The van der Waals surface area contributed by atoms with Crippen molar-refractivity contribution in [3.63, 3.8) is 0 Å². The minimum Gasteiger partial charge on any atom is -0.481 e. The molecule has 2 aliphatic rings. The highest BCUT2D eigenvalue weighted by molar-refractivity contribution is 7.91. The van der Waals surface area contributed by atoms with E-state index in [0.717, 1.165) is 55.6 Å². The van der Waals surface area contributed by atoms with E-state index in [1.165, 1.54) is 18.2 Å². The number of alkyl halides is 3. The lowest BCUT2D eigenvalue weighted by Gasteiger charge is -2.31. The third-order valence-electron chi connectivity index (χ3n) is 6.35. The van der Waals surface area contributed by atoms with Crippen molar-refractivity contribution in [3.8, 4) is 0 Å². The third-order valence-corrected chi connectivity index (χ3v) is 8.09. The SMILES string of the molecule is CC(=O)O.CC1CCCc2c1n1c3c(cc(F)cc23)S(=O)(=O)C[C@H]1c1ccc(C(F)(F)F)cc1. The number of rotatable bonds is 1. The molecule has 2 aromatic carbocycles. The van der Waals surface area contributed by atoms with Gasteiger partial charge in [-0.05, 0) is 60.6 Å². The van der Waals surface area contributed by atoms with E-state index < -0.39 is 39.4 Å². The van der Waals surface area contributed by atoms with Crippen LogP contribution < -0.4 is 0 Å². The van der Waals surface area contributed by atoms with Crippen LogP contribution in [0.4, 0.5) is 17.6 Å². The van der Waals surface area contributed by atoms with Crippen LogP contribution in [0.1, 0.15) is 61.0 Å². The van der Waals surface area contributed by atoms with Gasteiger partial charge in [-0.2, -0.15) is 13.2 Å². The minimum atomic E-state index is -4.46. The van der Waals surface area contributed by atoms with Crippen LogP contribution in [0.2, 0.25) is 0 Å². The van der Waals surface area contributed by atoms with Crippen LogP contribution >= 0.6 is 0 Å². The van der Waals surface area contributed by atoms with E-state index in [1.807, 2.05) is 4.57 Å². The van der Waals surface area contributed by atoms with Crippen LogP contribution in [0.5, 0.6) is 0 Å². The number of hydrogen-bond donors (Lipinski definition) is 1. The van der Waals surface area contributed by atoms with Crippen molar-refractivity contribution in [1.29, 1.82) is 0 Å². The molecule has 0 bridgehead atoms. The molecule has 34 heavy (non-hydrogen) atoms. The monoisotopic (exact) mass is 497 g/mol. The zero-order chi connectivity index (χ0) is 25.0. The Bertz CT molecular complexity index is 1370. The topological polar surface area (TPSA) is 76.4 Å². The maximum Gasteiger partial charge on any atom is 0.416 e. The number of hydrogen-bond acceptors (Lipinski definition) is 3. The molecule has 2 atom stereocenters. The maximum absolute atomic E-state index is 14.3. The van der Waals surface area contributed by atoms with E-state index >= 15 is 0 Å². The molecular formula is C24H23F4NO4S. The number of nitrogens with zero attached hydrogens (tertiary/aromatic N) is 1. The van der Waals surface area contributed by atoms with Gasteiger partial charge in [0, 0.05) is 18.0 Å². The van der Waals surface area contributed by atoms with Crippen LogP contribution in [0.3, 0.4) is 0 Å². The highest BCUT2D eigenvalue weighted by Gasteiger charge is 2.39. The van der Waals surface area contributed by atoms with Crippen LogP contribution in [0.25, 0.3) is 10.9 Å². The first-order chi connectivity index (χ1) is 15.8. The largest absolute Gasteiger partial charge is 0.481 e. The van der Waals surface area contributed by atoms with E-state index in [9.17, 15) is 26.0 Å². The summed E-state index contributed by atoms with van der Waals surface area (Å²) in [5, 5.41) is 8.02. The van der Waals surface area contributed by atoms with E-state index in [4.69, 9.17) is 9.90 Å². The average Bonchev–Trinajstić information content (AvgIpc) is 3.05. The van der Waals surface area contributed by atoms with Crippen molar-refractivity contribution in [3.05, 3.63) is 64.6 Å². The molecular weight excluding hydrogens is 474 g/mol. The van der Waals surface area contributed by atoms with Crippen LogP contribution in [0.15, 0.2) is 41.3 Å². The lowest BCUT2D eigenvalue weighted by atomic mass is 9.87. The van der Waals surface area contributed by atoms with Gasteiger partial charge in [0.1, 0.15) is 5.82 Å². The normalized spacial score (nSPS) is 20.9. The molecule has 5 rings (SSSR count). The number of halogens is 4. The molecule has 10 heteroatoms. The highest BCUT2D eigenvalue weighted by atomic mass is 32.2. The Kier molecular flexibility index (Phi) is 6.00. The predicted octanol–water partition coefficient (Wildman–Crippen LogP) is 5.71. The minimum absolute atomic E-state index is 0.0257. The van der Waals surface area contributed by atoms with Crippen molar-refractivity contribution < 1.29 is 35.9 Å². The van der Waals surface area contributed by atoms with Gasteiger partial charge >= 0.3 is 6.18 Å². The van der Waals surface area contributed by atoms with Gasteiger partial charge in [-0.25, -0.2) is 12.8 Å². The molecule has 0 amide bonds. The summed E-state index contributed by atoms with van der Waals surface area (Å²) < 4.78 is 81.4. The van der Waals surface area contributed by atoms with Crippen LogP contribution in [-0.4, -0.2) is 29.8 Å². The second-order valence-electron chi connectivity index (χ2n) is 8.76. The van der Waals surface area contributed by atoms with Crippen molar-refractivity contribution in [2.75, 3.05) is 5.75 Å². The summed E-state index contributed by atoms with van der Waals surface area (Å²) in [6.07, 6.45) is -1.88. The molecule has 1 aromatic heterocycles. The summed E-state index contributed by atoms with van der Waals surface area (Å²) in [4.78, 5) is 8.97. The van der Waals surface area contributed by atoms with Gasteiger partial charge in [0.25, 0.3) is 5.97 Å². The molecule has 5 nitrogen and oxygen atoms in total. The number of aromatic nitrogens is 1. The molecule has 1 unspecified atom stereocenters. The molecule has 0 fully saturated rings. The van der Waals surface area contributed by atoms with Gasteiger partial charge in [-0.1, -0.05) is 19.1 Å². The molecule has 0 spiro atoms. The van der Waals surface area contributed by atoms with Crippen molar-refractivity contribution in [2.45, 2.75) is 56.1 Å². The number of carboxylic acid groups (broad SMARTS) is 1. The Balaban J connectivity index is 0.000000636. The van der Waals surface area contributed by atoms with Crippen molar-refractivity contribution in [1.82, 2.24) is 4.57 Å². The molecule has 3 aromatic rings. The molecule has 1 N–H and O–H groups in total. The third kappa shape index (κ3) is 4.19. The molecule has 0 saturated heterocycles. The summed E-state index contributed by atoms with van der Waals surface area (Å²) in [5.74, 6) is -1.58. The number of carbonyl (C=O) groups is 1. The van der Waals surface area contributed by atoms with Crippen molar-refractivity contribution in [2.24, 2.45) is 0 Å². The van der Waals surface area contributed by atoms with Gasteiger partial charge in [-0.3, -0.25) is 4.79 Å². The van der Waals surface area contributed by atoms with Gasteiger partial charge < -0.3 is 9.67 Å². The molecule has 1 aliphatic heterocycles. The molecule has 182 valence electrons. The van der Waals surface area contributed by atoms with Crippen molar-refractivity contribution >= 4 is 26.7 Å². The fraction of sp³-hybridized carbons (Fsp3) is 0.375. The van der Waals surface area contributed by atoms with E-state index in [0.29, 0.717) is 16.5 Å². The zero-order valence-electron chi connectivity index (χ0n) is 18.5. The lowest BCUT2D eigenvalue weighted by Crippen LogP contribution is -2.29. The summed E-state index contributed by atoms with van der Waals surface area (Å²) in [6.45, 7) is 3.14. The first-order valence-corrected chi connectivity index (χ1v) is 12.4. The Morgan fingerprint density at radius 1 is 1.15 bits per heavy atom. The number of benzene rings is 2. The summed E-state index contributed by atoms with van der Waals surface area (Å²) in [6, 6.07) is 6.47. The summed E-state index contributed by atoms with van der Waals surface area (Å²) in [5.41, 5.74) is 2.13. The Morgan fingerprint density at radius 3 is 2.35 bits per heavy atom. The molecule has 1 aliphatic carbocycles. The molecule has 2 heterocycles. The number of aryl methyl sites for hydroxylation is 1. The summed E-state index contributed by atoms with van der Waals surface area (Å²) in [7, 11) is -3.81. The first kappa shape index (κ1) is 24.3. The second-order valence-corrected chi connectivity index (χ2v) is 10.8. The van der Waals surface area contributed by atoms with Gasteiger partial charge in [0.2, 0.25) is 0 Å². The number of carboxylic acids is 1. The van der Waals surface area contributed by atoms with E-state index in [-0.39, 0.29) is 16.6 Å². The predicted molar refractivity (Wildman–Crippen MR) is 118 cm³/mol. The number of fused-ring (bicyclic) bond motifs is 3.